The maximum atomic E-state index is 11.5. The molecular weight excluding hydrogens is 206 g/mol. The fraction of sp³-hybridized carbons (Fsp3) is 0.833. The average molecular weight is 227 g/mol. The molecule has 92 valence electrons. The van der Waals surface area contributed by atoms with Gasteiger partial charge in [0.05, 0.1) is 0 Å². The molecule has 1 N–H and O–H groups in total. The van der Waals surface area contributed by atoms with Crippen molar-refractivity contribution < 1.29 is 14.7 Å². The van der Waals surface area contributed by atoms with Gasteiger partial charge in [0.15, 0.2) is 0 Å². The molecule has 4 heteroatoms. The number of hydrogen-bond donors (Lipinski definition) is 1. The zero-order chi connectivity index (χ0) is 12.5. The van der Waals surface area contributed by atoms with Gasteiger partial charge >= 0.3 is 5.97 Å². The topological polar surface area (TPSA) is 57.6 Å². The monoisotopic (exact) mass is 227 g/mol. The van der Waals surface area contributed by atoms with E-state index in [2.05, 4.69) is 13.8 Å². The summed E-state index contributed by atoms with van der Waals surface area (Å²) in [7, 11) is 1.60. The Kier molecular flexibility index (Phi) is 3.61. The van der Waals surface area contributed by atoms with Crippen LogP contribution in [0.4, 0.5) is 0 Å². The molecule has 1 saturated carbocycles. The second-order valence-electron chi connectivity index (χ2n) is 5.27. The Balaban J connectivity index is 3.05. The Morgan fingerprint density at radius 2 is 1.69 bits per heavy atom. The maximum Gasteiger partial charge on any atom is 0.329 e. The van der Waals surface area contributed by atoms with E-state index in [0.29, 0.717) is 24.7 Å². The van der Waals surface area contributed by atoms with Crippen molar-refractivity contribution in [2.24, 2.45) is 11.8 Å². The highest BCUT2D eigenvalue weighted by molar-refractivity contribution is 5.86. The van der Waals surface area contributed by atoms with Crippen LogP contribution in [0, 0.1) is 11.8 Å². The molecule has 1 aliphatic rings. The van der Waals surface area contributed by atoms with E-state index < -0.39 is 11.5 Å². The zero-order valence-corrected chi connectivity index (χ0v) is 10.5. The zero-order valence-electron chi connectivity index (χ0n) is 10.5. The first-order chi connectivity index (χ1) is 7.29. The van der Waals surface area contributed by atoms with Crippen molar-refractivity contribution in [3.05, 3.63) is 0 Å². The van der Waals surface area contributed by atoms with Gasteiger partial charge in [0, 0.05) is 14.0 Å². The van der Waals surface area contributed by atoms with Crippen LogP contribution in [0.1, 0.15) is 40.0 Å². The minimum Gasteiger partial charge on any atom is -0.479 e. The second kappa shape index (κ2) is 4.44. The third-order valence-electron chi connectivity index (χ3n) is 3.69. The van der Waals surface area contributed by atoms with Crippen molar-refractivity contribution >= 4 is 11.9 Å². The molecule has 2 unspecified atom stereocenters. The third kappa shape index (κ3) is 2.20. The van der Waals surface area contributed by atoms with Crippen LogP contribution in [0.3, 0.4) is 0 Å². The van der Waals surface area contributed by atoms with Crippen LogP contribution < -0.4 is 0 Å². The number of hydrogen-bond acceptors (Lipinski definition) is 2. The molecule has 1 aliphatic carbocycles. The molecule has 1 rings (SSSR count). The first-order valence-electron chi connectivity index (χ1n) is 5.77. The number of amides is 1. The van der Waals surface area contributed by atoms with Crippen molar-refractivity contribution in [3.8, 4) is 0 Å². The molecule has 0 aromatic carbocycles. The first-order valence-corrected chi connectivity index (χ1v) is 5.77. The molecule has 0 aromatic heterocycles. The summed E-state index contributed by atoms with van der Waals surface area (Å²) in [5.41, 5.74) is -0.997. The molecule has 0 radical (unpaired) electrons. The smallest absolute Gasteiger partial charge is 0.329 e. The van der Waals surface area contributed by atoms with E-state index in [1.165, 1.54) is 11.8 Å². The lowest BCUT2D eigenvalue weighted by atomic mass is 9.71. The first kappa shape index (κ1) is 13.0. The summed E-state index contributed by atoms with van der Waals surface area (Å²) in [6, 6.07) is 0. The molecule has 0 saturated heterocycles. The Morgan fingerprint density at radius 1 is 1.25 bits per heavy atom. The lowest BCUT2D eigenvalue weighted by Gasteiger charge is -2.45. The Morgan fingerprint density at radius 3 is 2.00 bits per heavy atom. The predicted octanol–water partition coefficient (Wildman–Crippen LogP) is 1.74. The van der Waals surface area contributed by atoms with E-state index in [0.717, 1.165) is 6.42 Å². The average Bonchev–Trinajstić information content (AvgIpc) is 2.14. The van der Waals surface area contributed by atoms with E-state index in [4.69, 9.17) is 0 Å². The number of rotatable bonds is 2. The summed E-state index contributed by atoms with van der Waals surface area (Å²) in [6.45, 7) is 5.54. The van der Waals surface area contributed by atoms with Crippen molar-refractivity contribution in [2.45, 2.75) is 45.6 Å². The third-order valence-corrected chi connectivity index (χ3v) is 3.69. The van der Waals surface area contributed by atoms with Gasteiger partial charge < -0.3 is 10.0 Å². The normalized spacial score (nSPS) is 34.5. The number of carboxylic acid groups (broad SMARTS) is 1. The number of likely N-dealkylation sites (N-methyl/N-ethyl adjacent to an activating group) is 1. The molecule has 4 nitrogen and oxygen atoms in total. The minimum atomic E-state index is -0.997. The van der Waals surface area contributed by atoms with Crippen LogP contribution in [0.5, 0.6) is 0 Å². The van der Waals surface area contributed by atoms with Crippen LogP contribution in [0.25, 0.3) is 0 Å². The Bertz CT molecular complexity index is 291. The molecule has 2 atom stereocenters. The van der Waals surface area contributed by atoms with Crippen LogP contribution in [0.15, 0.2) is 0 Å². The van der Waals surface area contributed by atoms with E-state index >= 15 is 0 Å². The second-order valence-corrected chi connectivity index (χ2v) is 5.27. The van der Waals surface area contributed by atoms with Gasteiger partial charge in [0.25, 0.3) is 0 Å². The van der Waals surface area contributed by atoms with Gasteiger partial charge in [-0.15, -0.1) is 0 Å². The minimum absolute atomic E-state index is 0.177. The molecule has 16 heavy (non-hydrogen) atoms. The number of carbonyl (C=O) groups is 2. The van der Waals surface area contributed by atoms with Gasteiger partial charge in [0.2, 0.25) is 5.91 Å². The fourth-order valence-corrected chi connectivity index (χ4v) is 2.98. The predicted molar refractivity (Wildman–Crippen MR) is 61.0 cm³/mol. The molecular formula is C12H21NO3. The number of nitrogens with zero attached hydrogens (tertiary/aromatic N) is 1. The van der Waals surface area contributed by atoms with Gasteiger partial charge in [-0.3, -0.25) is 4.79 Å². The van der Waals surface area contributed by atoms with Gasteiger partial charge in [-0.1, -0.05) is 13.8 Å². The summed E-state index contributed by atoms with van der Waals surface area (Å²) in [5.74, 6) is -0.351. The van der Waals surface area contributed by atoms with Gasteiger partial charge in [-0.2, -0.15) is 0 Å². The number of aliphatic carboxylic acids is 1. The van der Waals surface area contributed by atoms with Crippen molar-refractivity contribution in [3.63, 3.8) is 0 Å². The molecule has 0 bridgehead atoms. The molecule has 1 fully saturated rings. The standard InChI is InChI=1S/C12H21NO3/c1-8-5-9(2)7-12(6-8,11(15)16)13(4)10(3)14/h8-9H,5-7H2,1-4H3,(H,15,16). The number of carbonyl (C=O) groups excluding carboxylic acids is 1. The molecule has 1 amide bonds. The van der Waals surface area contributed by atoms with Crippen LogP contribution in [-0.2, 0) is 9.59 Å². The maximum absolute atomic E-state index is 11.5. The lowest BCUT2D eigenvalue weighted by molar-refractivity contribution is -0.162. The lowest BCUT2D eigenvalue weighted by Crippen LogP contribution is -2.58. The summed E-state index contributed by atoms with van der Waals surface area (Å²) < 4.78 is 0. The van der Waals surface area contributed by atoms with E-state index in [1.54, 1.807) is 7.05 Å². The van der Waals surface area contributed by atoms with Crippen LogP contribution >= 0.6 is 0 Å². The highest BCUT2D eigenvalue weighted by Gasteiger charge is 2.48. The summed E-state index contributed by atoms with van der Waals surface area (Å²) >= 11 is 0. The largest absolute Gasteiger partial charge is 0.479 e. The molecule has 0 heterocycles. The Hall–Kier alpha value is -1.06. The van der Waals surface area contributed by atoms with E-state index in [1.807, 2.05) is 0 Å². The van der Waals surface area contributed by atoms with E-state index in [-0.39, 0.29) is 5.91 Å². The molecule has 0 aromatic rings. The molecule has 0 spiro atoms. The van der Waals surface area contributed by atoms with Crippen molar-refractivity contribution in [1.82, 2.24) is 4.90 Å². The number of carboxylic acids is 1. The van der Waals surface area contributed by atoms with Crippen molar-refractivity contribution in [2.75, 3.05) is 7.05 Å². The van der Waals surface area contributed by atoms with Crippen LogP contribution in [-0.4, -0.2) is 34.5 Å². The van der Waals surface area contributed by atoms with E-state index in [9.17, 15) is 14.7 Å². The SMILES string of the molecule is CC(=O)N(C)C1(C(=O)O)CC(C)CC(C)C1. The van der Waals surface area contributed by atoms with Gasteiger partial charge in [0.1, 0.15) is 5.54 Å². The Labute approximate surface area is 96.6 Å². The quantitative estimate of drug-likeness (QED) is 0.781. The van der Waals surface area contributed by atoms with Gasteiger partial charge in [-0.25, -0.2) is 4.79 Å². The van der Waals surface area contributed by atoms with Crippen LogP contribution in [0.2, 0.25) is 0 Å². The summed E-state index contributed by atoms with van der Waals surface area (Å²) in [4.78, 5) is 24.4. The molecule has 0 aliphatic heterocycles. The summed E-state index contributed by atoms with van der Waals surface area (Å²) in [5, 5.41) is 9.45. The highest BCUT2D eigenvalue weighted by atomic mass is 16.4. The van der Waals surface area contributed by atoms with Gasteiger partial charge in [-0.05, 0) is 31.1 Å². The fourth-order valence-electron chi connectivity index (χ4n) is 2.98. The summed E-state index contributed by atoms with van der Waals surface area (Å²) in [6.07, 6.45) is 2.16. The van der Waals surface area contributed by atoms with Crippen molar-refractivity contribution in [1.29, 1.82) is 0 Å². The highest BCUT2D eigenvalue weighted by Crippen LogP contribution is 2.39.